The summed E-state index contributed by atoms with van der Waals surface area (Å²) in [6, 6.07) is 11.5. The van der Waals surface area contributed by atoms with E-state index in [9.17, 15) is 4.79 Å². The first kappa shape index (κ1) is 10.1. The monoisotopic (exact) mass is 211 g/mol. The van der Waals surface area contributed by atoms with Gasteiger partial charge in [-0.05, 0) is 5.56 Å². The van der Waals surface area contributed by atoms with Crippen LogP contribution in [-0.4, -0.2) is 9.97 Å². The van der Waals surface area contributed by atoms with Gasteiger partial charge in [0, 0.05) is 6.42 Å². The molecule has 4 heteroatoms. The Bertz CT molecular complexity index is 581. The van der Waals surface area contributed by atoms with Crippen LogP contribution in [0.4, 0.5) is 0 Å². The van der Waals surface area contributed by atoms with E-state index in [1.807, 2.05) is 30.3 Å². The van der Waals surface area contributed by atoms with E-state index in [0.29, 0.717) is 12.2 Å². The normalized spacial score (nSPS) is 9.69. The number of nitriles is 1. The Morgan fingerprint density at radius 2 is 2.06 bits per heavy atom. The highest BCUT2D eigenvalue weighted by atomic mass is 16.1. The van der Waals surface area contributed by atoms with Crippen molar-refractivity contribution in [3.8, 4) is 6.07 Å². The third kappa shape index (κ3) is 2.15. The van der Waals surface area contributed by atoms with Crippen molar-refractivity contribution in [1.82, 2.24) is 9.97 Å². The fraction of sp³-hybridized carbons (Fsp3) is 0.0833. The van der Waals surface area contributed by atoms with Gasteiger partial charge in [0.05, 0.1) is 6.20 Å². The molecule has 1 aromatic heterocycles. The predicted octanol–water partition coefficient (Wildman–Crippen LogP) is 1.23. The molecule has 0 aliphatic heterocycles. The fourth-order valence-electron chi connectivity index (χ4n) is 1.39. The maximum Gasteiger partial charge on any atom is 0.268 e. The van der Waals surface area contributed by atoms with Gasteiger partial charge in [-0.25, -0.2) is 4.98 Å². The van der Waals surface area contributed by atoms with Gasteiger partial charge in [-0.1, -0.05) is 30.3 Å². The summed E-state index contributed by atoms with van der Waals surface area (Å²) in [4.78, 5) is 18.0. The summed E-state index contributed by atoms with van der Waals surface area (Å²) in [6.45, 7) is 0. The molecule has 0 aliphatic carbocycles. The van der Waals surface area contributed by atoms with Gasteiger partial charge < -0.3 is 4.98 Å². The molecule has 78 valence electrons. The number of rotatable bonds is 2. The lowest BCUT2D eigenvalue weighted by Gasteiger charge is -2.00. The van der Waals surface area contributed by atoms with E-state index in [2.05, 4.69) is 9.97 Å². The van der Waals surface area contributed by atoms with E-state index in [1.54, 1.807) is 6.07 Å². The average molecular weight is 211 g/mol. The molecule has 1 N–H and O–H groups in total. The second-order valence-electron chi connectivity index (χ2n) is 3.35. The molecule has 0 spiro atoms. The highest BCUT2D eigenvalue weighted by Gasteiger charge is 2.02. The van der Waals surface area contributed by atoms with Crippen LogP contribution in [0, 0.1) is 11.3 Å². The molecular formula is C12H9N3O. The van der Waals surface area contributed by atoms with Crippen LogP contribution in [0.25, 0.3) is 0 Å². The van der Waals surface area contributed by atoms with Gasteiger partial charge in [0.1, 0.15) is 17.5 Å². The Hall–Kier alpha value is -2.41. The Kier molecular flexibility index (Phi) is 2.79. The maximum atomic E-state index is 11.3. The molecule has 1 heterocycles. The van der Waals surface area contributed by atoms with Gasteiger partial charge in [0.25, 0.3) is 5.56 Å². The smallest absolute Gasteiger partial charge is 0.268 e. The number of hydrogen-bond donors (Lipinski definition) is 1. The van der Waals surface area contributed by atoms with Crippen LogP contribution < -0.4 is 5.56 Å². The van der Waals surface area contributed by atoms with Crippen LogP contribution in [0.1, 0.15) is 17.0 Å². The number of aromatic amines is 1. The SMILES string of the molecule is N#Cc1cnc(Cc2ccccc2)[nH]c1=O. The van der Waals surface area contributed by atoms with Gasteiger partial charge in [0.2, 0.25) is 0 Å². The number of nitrogens with one attached hydrogen (secondary N) is 1. The van der Waals surface area contributed by atoms with Crippen molar-refractivity contribution in [2.45, 2.75) is 6.42 Å². The van der Waals surface area contributed by atoms with Crippen molar-refractivity contribution in [3.05, 3.63) is 63.8 Å². The van der Waals surface area contributed by atoms with E-state index >= 15 is 0 Å². The summed E-state index contributed by atoms with van der Waals surface area (Å²) in [5, 5.41) is 8.59. The zero-order valence-corrected chi connectivity index (χ0v) is 8.47. The van der Waals surface area contributed by atoms with E-state index in [-0.39, 0.29) is 11.1 Å². The first-order chi connectivity index (χ1) is 7.79. The molecule has 0 unspecified atom stereocenters. The van der Waals surface area contributed by atoms with Crippen molar-refractivity contribution in [2.24, 2.45) is 0 Å². The minimum Gasteiger partial charge on any atom is -0.309 e. The molecule has 2 rings (SSSR count). The average Bonchev–Trinajstić information content (AvgIpc) is 2.31. The van der Waals surface area contributed by atoms with Crippen LogP contribution in [0.3, 0.4) is 0 Å². The first-order valence-corrected chi connectivity index (χ1v) is 4.82. The van der Waals surface area contributed by atoms with Crippen molar-refractivity contribution < 1.29 is 0 Å². The number of aromatic nitrogens is 2. The lowest BCUT2D eigenvalue weighted by Crippen LogP contribution is -2.14. The Morgan fingerprint density at radius 1 is 1.31 bits per heavy atom. The molecule has 4 nitrogen and oxygen atoms in total. The van der Waals surface area contributed by atoms with E-state index in [0.717, 1.165) is 5.56 Å². The van der Waals surface area contributed by atoms with Crippen molar-refractivity contribution in [2.75, 3.05) is 0 Å². The molecule has 0 radical (unpaired) electrons. The molecular weight excluding hydrogens is 202 g/mol. The molecule has 0 fully saturated rings. The topological polar surface area (TPSA) is 69.5 Å². The molecule has 0 atom stereocenters. The van der Waals surface area contributed by atoms with Crippen molar-refractivity contribution >= 4 is 0 Å². The van der Waals surface area contributed by atoms with E-state index in [1.165, 1.54) is 6.20 Å². The lowest BCUT2D eigenvalue weighted by molar-refractivity contribution is 0.939. The minimum absolute atomic E-state index is 0.0387. The highest BCUT2D eigenvalue weighted by molar-refractivity contribution is 5.24. The predicted molar refractivity (Wildman–Crippen MR) is 58.8 cm³/mol. The molecule has 0 saturated carbocycles. The number of hydrogen-bond acceptors (Lipinski definition) is 3. The molecule has 0 aliphatic rings. The Balaban J connectivity index is 2.28. The molecule has 0 saturated heterocycles. The van der Waals surface area contributed by atoms with Gasteiger partial charge in [-0.2, -0.15) is 5.26 Å². The molecule has 0 amide bonds. The summed E-state index contributed by atoms with van der Waals surface area (Å²) < 4.78 is 0. The summed E-state index contributed by atoms with van der Waals surface area (Å²) in [5.41, 5.74) is 0.718. The first-order valence-electron chi connectivity index (χ1n) is 4.82. The van der Waals surface area contributed by atoms with Crippen LogP contribution in [0.2, 0.25) is 0 Å². The number of H-pyrrole nitrogens is 1. The quantitative estimate of drug-likeness (QED) is 0.812. The second kappa shape index (κ2) is 4.41. The van der Waals surface area contributed by atoms with Gasteiger partial charge in [-0.15, -0.1) is 0 Å². The largest absolute Gasteiger partial charge is 0.309 e. The third-order valence-corrected chi connectivity index (χ3v) is 2.19. The van der Waals surface area contributed by atoms with Gasteiger partial charge >= 0.3 is 0 Å². The van der Waals surface area contributed by atoms with Crippen molar-refractivity contribution in [1.29, 1.82) is 5.26 Å². The van der Waals surface area contributed by atoms with E-state index < -0.39 is 0 Å². The van der Waals surface area contributed by atoms with Crippen LogP contribution >= 0.6 is 0 Å². The highest BCUT2D eigenvalue weighted by Crippen LogP contribution is 2.03. The van der Waals surface area contributed by atoms with Crippen LogP contribution in [-0.2, 0) is 6.42 Å². The lowest BCUT2D eigenvalue weighted by atomic mass is 10.1. The fourth-order valence-corrected chi connectivity index (χ4v) is 1.39. The van der Waals surface area contributed by atoms with Crippen molar-refractivity contribution in [3.63, 3.8) is 0 Å². The van der Waals surface area contributed by atoms with Crippen LogP contribution in [0.15, 0.2) is 41.3 Å². The molecule has 16 heavy (non-hydrogen) atoms. The van der Waals surface area contributed by atoms with E-state index in [4.69, 9.17) is 5.26 Å². The maximum absolute atomic E-state index is 11.3. The minimum atomic E-state index is -0.386. The zero-order chi connectivity index (χ0) is 11.4. The second-order valence-corrected chi connectivity index (χ2v) is 3.35. The number of nitrogens with zero attached hydrogens (tertiary/aromatic N) is 2. The summed E-state index contributed by atoms with van der Waals surface area (Å²) in [5.74, 6) is 0.565. The zero-order valence-electron chi connectivity index (χ0n) is 8.47. The molecule has 2 aromatic rings. The number of benzene rings is 1. The Labute approximate surface area is 92.2 Å². The standard InChI is InChI=1S/C12H9N3O/c13-7-10-8-14-11(15-12(10)16)6-9-4-2-1-3-5-9/h1-5,8H,6H2,(H,14,15,16). The van der Waals surface area contributed by atoms with Gasteiger partial charge in [0.15, 0.2) is 0 Å². The Morgan fingerprint density at radius 3 is 2.69 bits per heavy atom. The van der Waals surface area contributed by atoms with Crippen LogP contribution in [0.5, 0.6) is 0 Å². The molecule has 0 bridgehead atoms. The summed E-state index contributed by atoms with van der Waals surface area (Å²) in [6.07, 6.45) is 1.86. The molecule has 1 aromatic carbocycles. The third-order valence-electron chi connectivity index (χ3n) is 2.19. The van der Waals surface area contributed by atoms with Gasteiger partial charge in [-0.3, -0.25) is 4.79 Å². The summed E-state index contributed by atoms with van der Waals surface area (Å²) in [7, 11) is 0. The summed E-state index contributed by atoms with van der Waals surface area (Å²) >= 11 is 0.